The maximum absolute atomic E-state index is 10.9. The number of carboxylic acids is 1. The summed E-state index contributed by atoms with van der Waals surface area (Å²) in [6, 6.07) is 0. The first kappa shape index (κ1) is 8.56. The highest BCUT2D eigenvalue weighted by Gasteiger charge is 2.23. The largest absolute Gasteiger partial charge is 0.478 e. The molecular formula is C9H11NO2S. The molecule has 0 aromatic carbocycles. The van der Waals surface area contributed by atoms with Gasteiger partial charge in [0.25, 0.3) is 0 Å². The van der Waals surface area contributed by atoms with Gasteiger partial charge in [-0.3, -0.25) is 0 Å². The summed E-state index contributed by atoms with van der Waals surface area (Å²) in [4.78, 5) is 12.1. The number of carbonyl (C=O) groups is 1. The molecule has 0 unspecified atom stereocenters. The Morgan fingerprint density at radius 1 is 1.38 bits per heavy atom. The zero-order chi connectivity index (χ0) is 9.42. The normalized spacial score (nSPS) is 15.4. The third-order valence-electron chi connectivity index (χ3n) is 2.41. The lowest BCUT2D eigenvalue weighted by Gasteiger charge is -2.10. The second-order valence-electron chi connectivity index (χ2n) is 3.26. The van der Waals surface area contributed by atoms with Gasteiger partial charge in [-0.05, 0) is 31.2 Å². The van der Waals surface area contributed by atoms with Crippen molar-refractivity contribution in [2.75, 3.05) is 5.73 Å². The molecular weight excluding hydrogens is 186 g/mol. The number of hydrogen-bond acceptors (Lipinski definition) is 3. The monoisotopic (exact) mass is 197 g/mol. The molecule has 3 N–H and O–H groups in total. The van der Waals surface area contributed by atoms with E-state index in [9.17, 15) is 4.79 Å². The molecule has 70 valence electrons. The van der Waals surface area contributed by atoms with E-state index >= 15 is 0 Å². The topological polar surface area (TPSA) is 63.3 Å². The van der Waals surface area contributed by atoms with Crippen LogP contribution in [0.25, 0.3) is 0 Å². The second-order valence-corrected chi connectivity index (χ2v) is 4.39. The lowest BCUT2D eigenvalue weighted by atomic mass is 9.96. The molecule has 0 spiro atoms. The summed E-state index contributed by atoms with van der Waals surface area (Å²) in [5, 5.41) is 9.41. The van der Waals surface area contributed by atoms with Crippen LogP contribution in [0, 0.1) is 0 Å². The van der Waals surface area contributed by atoms with Crippen LogP contribution in [-0.2, 0) is 12.8 Å². The smallest absolute Gasteiger partial charge is 0.338 e. The molecule has 1 aliphatic carbocycles. The number of carboxylic acid groups (broad SMARTS) is 1. The van der Waals surface area contributed by atoms with Gasteiger partial charge in [0.2, 0.25) is 0 Å². The number of nitrogen functional groups attached to an aromatic ring is 1. The highest BCUT2D eigenvalue weighted by Crippen LogP contribution is 2.35. The fourth-order valence-corrected chi connectivity index (χ4v) is 2.97. The van der Waals surface area contributed by atoms with Crippen molar-refractivity contribution in [2.24, 2.45) is 0 Å². The van der Waals surface area contributed by atoms with Crippen molar-refractivity contribution in [3.8, 4) is 0 Å². The molecule has 3 nitrogen and oxygen atoms in total. The predicted octanol–water partition coefficient (Wildman–Crippen LogP) is 1.91. The average Bonchev–Trinajstić information content (AvgIpc) is 2.39. The first-order valence-corrected chi connectivity index (χ1v) is 5.15. The average molecular weight is 197 g/mol. The summed E-state index contributed by atoms with van der Waals surface area (Å²) in [5.74, 6) is -0.878. The van der Waals surface area contributed by atoms with Crippen molar-refractivity contribution in [3.63, 3.8) is 0 Å². The van der Waals surface area contributed by atoms with Gasteiger partial charge in [0.05, 0.1) is 5.56 Å². The summed E-state index contributed by atoms with van der Waals surface area (Å²) >= 11 is 1.44. The minimum absolute atomic E-state index is 0.361. The Bertz CT molecular complexity index is 357. The highest BCUT2D eigenvalue weighted by molar-refractivity contribution is 7.16. The van der Waals surface area contributed by atoms with E-state index < -0.39 is 5.97 Å². The van der Waals surface area contributed by atoms with Crippen LogP contribution >= 0.6 is 11.3 Å². The minimum Gasteiger partial charge on any atom is -0.478 e. The molecule has 1 aromatic rings. The molecule has 4 heteroatoms. The van der Waals surface area contributed by atoms with E-state index in [2.05, 4.69) is 0 Å². The van der Waals surface area contributed by atoms with Crippen molar-refractivity contribution < 1.29 is 9.90 Å². The van der Waals surface area contributed by atoms with Gasteiger partial charge >= 0.3 is 5.97 Å². The summed E-state index contributed by atoms with van der Waals surface area (Å²) in [5.41, 5.74) is 7.01. The van der Waals surface area contributed by atoms with Gasteiger partial charge in [0.1, 0.15) is 5.00 Å². The summed E-state index contributed by atoms with van der Waals surface area (Å²) < 4.78 is 0. The maximum atomic E-state index is 10.9. The third-order valence-corrected chi connectivity index (χ3v) is 3.53. The van der Waals surface area contributed by atoms with Crippen LogP contribution in [-0.4, -0.2) is 11.1 Å². The van der Waals surface area contributed by atoms with Gasteiger partial charge in [0.15, 0.2) is 0 Å². The lowest BCUT2D eigenvalue weighted by molar-refractivity contribution is 0.0697. The molecule has 2 rings (SSSR count). The first-order valence-electron chi connectivity index (χ1n) is 4.33. The number of hydrogen-bond donors (Lipinski definition) is 2. The first-order chi connectivity index (χ1) is 6.20. The van der Waals surface area contributed by atoms with Gasteiger partial charge in [-0.1, -0.05) is 0 Å². The highest BCUT2D eigenvalue weighted by atomic mass is 32.1. The second kappa shape index (κ2) is 3.03. The van der Waals surface area contributed by atoms with E-state index in [1.54, 1.807) is 0 Å². The summed E-state index contributed by atoms with van der Waals surface area (Å²) in [6.45, 7) is 0. The van der Waals surface area contributed by atoms with Crippen LogP contribution in [0.1, 0.15) is 33.6 Å². The van der Waals surface area contributed by atoms with E-state index in [1.807, 2.05) is 0 Å². The standard InChI is InChI=1S/C9H11NO2S/c10-8-7(9(11)12)5-3-1-2-4-6(5)13-8/h1-4,10H2,(H,11,12). The molecule has 13 heavy (non-hydrogen) atoms. The SMILES string of the molecule is Nc1sc2c(c1C(=O)O)CCCC2. The molecule has 1 aromatic heterocycles. The molecule has 0 radical (unpaired) electrons. The molecule has 1 heterocycles. The minimum atomic E-state index is -0.878. The van der Waals surface area contributed by atoms with Crippen LogP contribution in [0.5, 0.6) is 0 Å². The quantitative estimate of drug-likeness (QED) is 0.722. The zero-order valence-corrected chi connectivity index (χ0v) is 7.99. The van der Waals surface area contributed by atoms with Crippen LogP contribution in [0.4, 0.5) is 5.00 Å². The van der Waals surface area contributed by atoms with E-state index in [0.717, 1.165) is 31.2 Å². The number of aromatic carboxylic acids is 1. The van der Waals surface area contributed by atoms with Gasteiger partial charge in [-0.2, -0.15) is 0 Å². The Hall–Kier alpha value is -1.03. The number of anilines is 1. The van der Waals surface area contributed by atoms with E-state index in [1.165, 1.54) is 16.2 Å². The molecule has 1 aliphatic rings. The fraction of sp³-hybridized carbons (Fsp3) is 0.444. The fourth-order valence-electron chi connectivity index (χ4n) is 1.82. The molecule has 0 saturated heterocycles. The number of rotatable bonds is 1. The number of aryl methyl sites for hydroxylation is 1. The molecule has 0 saturated carbocycles. The van der Waals surface area contributed by atoms with Crippen molar-refractivity contribution in [2.45, 2.75) is 25.7 Å². The summed E-state index contributed by atoms with van der Waals surface area (Å²) in [7, 11) is 0. The molecule has 0 atom stereocenters. The van der Waals surface area contributed by atoms with Gasteiger partial charge in [-0.15, -0.1) is 11.3 Å². The lowest BCUT2D eigenvalue weighted by Crippen LogP contribution is -2.06. The third kappa shape index (κ3) is 1.31. The zero-order valence-electron chi connectivity index (χ0n) is 7.17. The molecule has 0 bridgehead atoms. The van der Waals surface area contributed by atoms with Gasteiger partial charge in [0, 0.05) is 4.88 Å². The Labute approximate surface area is 80.2 Å². The number of fused-ring (bicyclic) bond motifs is 1. The van der Waals surface area contributed by atoms with Gasteiger partial charge in [-0.25, -0.2) is 4.79 Å². The van der Waals surface area contributed by atoms with E-state index in [-0.39, 0.29) is 0 Å². The Balaban J connectivity index is 2.54. The summed E-state index contributed by atoms with van der Waals surface area (Å²) in [6.07, 6.45) is 4.12. The van der Waals surface area contributed by atoms with Crippen molar-refractivity contribution in [1.82, 2.24) is 0 Å². The van der Waals surface area contributed by atoms with Crippen LogP contribution in [0.3, 0.4) is 0 Å². The number of thiophene rings is 1. The van der Waals surface area contributed by atoms with Crippen molar-refractivity contribution >= 4 is 22.3 Å². The maximum Gasteiger partial charge on any atom is 0.338 e. The van der Waals surface area contributed by atoms with E-state index in [0.29, 0.717) is 10.6 Å². The Kier molecular flexibility index (Phi) is 2.00. The van der Waals surface area contributed by atoms with E-state index in [4.69, 9.17) is 10.8 Å². The van der Waals surface area contributed by atoms with Crippen molar-refractivity contribution in [1.29, 1.82) is 0 Å². The van der Waals surface area contributed by atoms with Crippen LogP contribution in [0.2, 0.25) is 0 Å². The van der Waals surface area contributed by atoms with Crippen LogP contribution < -0.4 is 5.73 Å². The molecule has 0 amide bonds. The van der Waals surface area contributed by atoms with Crippen LogP contribution in [0.15, 0.2) is 0 Å². The Morgan fingerprint density at radius 2 is 2.08 bits per heavy atom. The van der Waals surface area contributed by atoms with Gasteiger partial charge < -0.3 is 10.8 Å². The molecule has 0 fully saturated rings. The number of nitrogens with two attached hydrogens (primary N) is 1. The predicted molar refractivity (Wildman–Crippen MR) is 52.3 cm³/mol. The Morgan fingerprint density at radius 3 is 2.77 bits per heavy atom. The molecule has 0 aliphatic heterocycles. The van der Waals surface area contributed by atoms with Crippen molar-refractivity contribution in [3.05, 3.63) is 16.0 Å².